The fourth-order valence-corrected chi connectivity index (χ4v) is 3.77. The molecule has 1 aromatic heterocycles. The van der Waals surface area contributed by atoms with Gasteiger partial charge in [-0.3, -0.25) is 4.79 Å². The molecule has 106 valence electrons. The first-order chi connectivity index (χ1) is 9.22. The minimum Gasteiger partial charge on any atom is -0.351 e. The number of hydrogen-bond donors (Lipinski definition) is 2. The van der Waals surface area contributed by atoms with Crippen molar-refractivity contribution in [3.05, 3.63) is 21.4 Å². The number of hydrogen-bond acceptors (Lipinski definition) is 3. The third-order valence-electron chi connectivity index (χ3n) is 3.66. The predicted octanol–water partition coefficient (Wildman–Crippen LogP) is 2.60. The minimum atomic E-state index is 0.102. The Labute approximate surface area is 119 Å². The maximum atomic E-state index is 12.2. The van der Waals surface area contributed by atoms with E-state index in [1.165, 1.54) is 16.9 Å². The summed E-state index contributed by atoms with van der Waals surface area (Å²) in [4.78, 5) is 13.6. The molecule has 1 heterocycles. The molecule has 1 unspecified atom stereocenters. The fourth-order valence-electron chi connectivity index (χ4n) is 2.53. The van der Waals surface area contributed by atoms with Crippen molar-refractivity contribution in [3.63, 3.8) is 0 Å². The number of nitrogens with one attached hydrogen (secondary N) is 2. The van der Waals surface area contributed by atoms with Gasteiger partial charge in [-0.05, 0) is 43.7 Å². The van der Waals surface area contributed by atoms with Crippen LogP contribution >= 0.6 is 11.3 Å². The van der Waals surface area contributed by atoms with Gasteiger partial charge in [0.25, 0.3) is 5.91 Å². The molecule has 19 heavy (non-hydrogen) atoms. The van der Waals surface area contributed by atoms with E-state index in [1.54, 1.807) is 11.3 Å². The summed E-state index contributed by atoms with van der Waals surface area (Å²) in [5.74, 6) is 0.866. The van der Waals surface area contributed by atoms with Crippen LogP contribution in [-0.2, 0) is 12.8 Å². The van der Waals surface area contributed by atoms with Crippen LogP contribution in [0.25, 0.3) is 0 Å². The molecule has 0 saturated heterocycles. The van der Waals surface area contributed by atoms with Gasteiger partial charge in [-0.1, -0.05) is 13.8 Å². The molecule has 1 aliphatic carbocycles. The van der Waals surface area contributed by atoms with Crippen LogP contribution in [0, 0.1) is 5.92 Å². The summed E-state index contributed by atoms with van der Waals surface area (Å²) < 4.78 is 0. The standard InChI is InChI=1S/C15H24N2OS/c1-3-6-16-7-8-17-15(18)13-10-19-14-9-11(2)4-5-12(13)14/h10-11,16H,3-9H2,1-2H3,(H,17,18). The Morgan fingerprint density at radius 2 is 2.26 bits per heavy atom. The van der Waals surface area contributed by atoms with Crippen LogP contribution in [0.5, 0.6) is 0 Å². The van der Waals surface area contributed by atoms with E-state index < -0.39 is 0 Å². The molecule has 1 amide bonds. The summed E-state index contributed by atoms with van der Waals surface area (Å²) in [5, 5.41) is 8.34. The molecule has 4 heteroatoms. The largest absolute Gasteiger partial charge is 0.351 e. The molecule has 0 saturated carbocycles. The van der Waals surface area contributed by atoms with E-state index in [1.807, 2.05) is 5.38 Å². The number of amides is 1. The molecule has 1 aliphatic rings. The van der Waals surface area contributed by atoms with Gasteiger partial charge in [-0.15, -0.1) is 11.3 Å². The van der Waals surface area contributed by atoms with E-state index in [0.29, 0.717) is 6.54 Å². The molecule has 3 nitrogen and oxygen atoms in total. The molecule has 0 bridgehead atoms. The lowest BCUT2D eigenvalue weighted by atomic mass is 9.88. The van der Waals surface area contributed by atoms with Crippen LogP contribution in [0.4, 0.5) is 0 Å². The second-order valence-electron chi connectivity index (χ2n) is 5.40. The van der Waals surface area contributed by atoms with Crippen LogP contribution in [0.2, 0.25) is 0 Å². The smallest absolute Gasteiger partial charge is 0.252 e. The first-order valence-corrected chi connectivity index (χ1v) is 8.18. The SMILES string of the molecule is CCCNCCNC(=O)c1csc2c1CCC(C)C2. The Balaban J connectivity index is 1.86. The highest BCUT2D eigenvalue weighted by Gasteiger charge is 2.22. The first kappa shape index (κ1) is 14.5. The van der Waals surface area contributed by atoms with E-state index in [9.17, 15) is 4.79 Å². The van der Waals surface area contributed by atoms with Crippen molar-refractivity contribution in [2.45, 2.75) is 39.5 Å². The Bertz CT molecular complexity index is 428. The van der Waals surface area contributed by atoms with E-state index in [0.717, 1.165) is 43.8 Å². The fraction of sp³-hybridized carbons (Fsp3) is 0.667. The quantitative estimate of drug-likeness (QED) is 0.787. The third-order valence-corrected chi connectivity index (χ3v) is 4.71. The Hall–Kier alpha value is -0.870. The van der Waals surface area contributed by atoms with Crippen molar-refractivity contribution in [1.82, 2.24) is 10.6 Å². The van der Waals surface area contributed by atoms with Crippen LogP contribution in [0.3, 0.4) is 0 Å². The molecule has 2 N–H and O–H groups in total. The van der Waals surface area contributed by atoms with Crippen molar-refractivity contribution in [2.75, 3.05) is 19.6 Å². The minimum absolute atomic E-state index is 0.102. The van der Waals surface area contributed by atoms with Gasteiger partial charge in [0, 0.05) is 23.3 Å². The number of carbonyl (C=O) groups is 1. The van der Waals surface area contributed by atoms with Crippen molar-refractivity contribution in [3.8, 4) is 0 Å². The van der Waals surface area contributed by atoms with Crippen molar-refractivity contribution in [2.24, 2.45) is 5.92 Å². The van der Waals surface area contributed by atoms with Gasteiger partial charge >= 0.3 is 0 Å². The molecular weight excluding hydrogens is 256 g/mol. The lowest BCUT2D eigenvalue weighted by molar-refractivity contribution is 0.0953. The van der Waals surface area contributed by atoms with Crippen molar-refractivity contribution in [1.29, 1.82) is 0 Å². The topological polar surface area (TPSA) is 41.1 Å². The zero-order chi connectivity index (χ0) is 13.7. The van der Waals surface area contributed by atoms with Crippen molar-refractivity contribution < 1.29 is 4.79 Å². The molecule has 1 atom stereocenters. The Morgan fingerprint density at radius 3 is 3.05 bits per heavy atom. The van der Waals surface area contributed by atoms with Gasteiger partial charge in [0.1, 0.15) is 0 Å². The van der Waals surface area contributed by atoms with E-state index in [2.05, 4.69) is 24.5 Å². The highest BCUT2D eigenvalue weighted by molar-refractivity contribution is 7.10. The van der Waals surface area contributed by atoms with Gasteiger partial charge in [-0.2, -0.15) is 0 Å². The second-order valence-corrected chi connectivity index (χ2v) is 6.37. The van der Waals surface area contributed by atoms with Gasteiger partial charge in [0.2, 0.25) is 0 Å². The maximum absolute atomic E-state index is 12.2. The molecule has 0 aliphatic heterocycles. The Morgan fingerprint density at radius 1 is 1.42 bits per heavy atom. The molecule has 1 aromatic rings. The Kier molecular flexibility index (Phi) is 5.40. The van der Waals surface area contributed by atoms with E-state index in [4.69, 9.17) is 0 Å². The van der Waals surface area contributed by atoms with E-state index in [-0.39, 0.29) is 5.91 Å². The highest BCUT2D eigenvalue weighted by atomic mass is 32.1. The number of thiophene rings is 1. The lowest BCUT2D eigenvalue weighted by Gasteiger charge is -2.18. The number of rotatable bonds is 6. The highest BCUT2D eigenvalue weighted by Crippen LogP contribution is 2.32. The first-order valence-electron chi connectivity index (χ1n) is 7.30. The molecule has 0 spiro atoms. The molecule has 0 aromatic carbocycles. The predicted molar refractivity (Wildman–Crippen MR) is 81.0 cm³/mol. The summed E-state index contributed by atoms with van der Waals surface area (Å²) in [6, 6.07) is 0. The maximum Gasteiger partial charge on any atom is 0.252 e. The van der Waals surface area contributed by atoms with Gasteiger partial charge in [0.15, 0.2) is 0 Å². The molecule has 2 rings (SSSR count). The van der Waals surface area contributed by atoms with Crippen LogP contribution in [0.15, 0.2) is 5.38 Å². The van der Waals surface area contributed by atoms with Crippen LogP contribution in [0.1, 0.15) is 47.5 Å². The number of carbonyl (C=O) groups excluding carboxylic acids is 1. The second kappa shape index (κ2) is 7.06. The van der Waals surface area contributed by atoms with Crippen LogP contribution in [-0.4, -0.2) is 25.5 Å². The molecule has 0 fully saturated rings. The monoisotopic (exact) mass is 280 g/mol. The normalized spacial score (nSPS) is 18.1. The van der Waals surface area contributed by atoms with Crippen molar-refractivity contribution >= 4 is 17.2 Å². The van der Waals surface area contributed by atoms with Gasteiger partial charge in [0.05, 0.1) is 5.56 Å². The number of fused-ring (bicyclic) bond motifs is 1. The summed E-state index contributed by atoms with van der Waals surface area (Å²) in [5.41, 5.74) is 2.23. The van der Waals surface area contributed by atoms with Gasteiger partial charge < -0.3 is 10.6 Å². The average Bonchev–Trinajstić information content (AvgIpc) is 2.81. The zero-order valence-electron chi connectivity index (χ0n) is 11.9. The summed E-state index contributed by atoms with van der Waals surface area (Å²) in [7, 11) is 0. The summed E-state index contributed by atoms with van der Waals surface area (Å²) in [6.45, 7) is 7.01. The zero-order valence-corrected chi connectivity index (χ0v) is 12.7. The summed E-state index contributed by atoms with van der Waals surface area (Å²) >= 11 is 1.75. The van der Waals surface area contributed by atoms with E-state index >= 15 is 0 Å². The van der Waals surface area contributed by atoms with Crippen LogP contribution < -0.4 is 10.6 Å². The summed E-state index contributed by atoms with van der Waals surface area (Å²) in [6.07, 6.45) is 4.55. The van der Waals surface area contributed by atoms with Gasteiger partial charge in [-0.25, -0.2) is 0 Å². The molecule has 0 radical (unpaired) electrons. The lowest BCUT2D eigenvalue weighted by Crippen LogP contribution is -2.32. The molecular formula is C15H24N2OS. The third kappa shape index (κ3) is 3.80. The average molecular weight is 280 g/mol.